The van der Waals surface area contributed by atoms with Gasteiger partial charge in [-0.05, 0) is 18.6 Å². The van der Waals surface area contributed by atoms with Gasteiger partial charge in [0.25, 0.3) is 0 Å². The van der Waals surface area contributed by atoms with E-state index in [-0.39, 0.29) is 12.1 Å². The SMILES string of the molecule is Cn1cc(CN2C[C@@H](F)C[C@H]2CNC(=O)Nc2cccnc2)cn1. The molecule has 1 saturated heterocycles. The van der Waals surface area contributed by atoms with Crippen molar-refractivity contribution < 1.29 is 9.18 Å². The molecule has 0 radical (unpaired) electrons. The summed E-state index contributed by atoms with van der Waals surface area (Å²) in [6.45, 7) is 1.41. The smallest absolute Gasteiger partial charge is 0.319 e. The number of carbonyl (C=O) groups excluding carboxylic acids is 1. The van der Waals surface area contributed by atoms with Crippen LogP contribution in [-0.4, -0.2) is 51.0 Å². The van der Waals surface area contributed by atoms with Crippen molar-refractivity contribution in [3.05, 3.63) is 42.5 Å². The lowest BCUT2D eigenvalue weighted by Crippen LogP contribution is -2.41. The number of rotatable bonds is 5. The van der Waals surface area contributed by atoms with Crippen molar-refractivity contribution in [1.82, 2.24) is 25.0 Å². The van der Waals surface area contributed by atoms with Crippen LogP contribution in [0, 0.1) is 0 Å². The minimum absolute atomic E-state index is 0.0279. The number of hydrogen-bond acceptors (Lipinski definition) is 4. The quantitative estimate of drug-likeness (QED) is 0.871. The van der Waals surface area contributed by atoms with E-state index in [9.17, 15) is 9.18 Å². The van der Waals surface area contributed by atoms with Gasteiger partial charge in [-0.3, -0.25) is 14.6 Å². The summed E-state index contributed by atoms with van der Waals surface area (Å²) in [6, 6.07) is 3.16. The van der Waals surface area contributed by atoms with Crippen LogP contribution in [0.1, 0.15) is 12.0 Å². The third-order valence-electron chi connectivity index (χ3n) is 4.04. The fraction of sp³-hybridized carbons (Fsp3) is 0.438. The number of likely N-dealkylation sites (tertiary alicyclic amines) is 1. The van der Waals surface area contributed by atoms with Gasteiger partial charge in [0.05, 0.1) is 18.1 Å². The highest BCUT2D eigenvalue weighted by molar-refractivity contribution is 5.88. The van der Waals surface area contributed by atoms with Crippen molar-refractivity contribution in [1.29, 1.82) is 0 Å². The second kappa shape index (κ2) is 7.39. The topological polar surface area (TPSA) is 75.1 Å². The largest absolute Gasteiger partial charge is 0.336 e. The van der Waals surface area contributed by atoms with Crippen LogP contribution >= 0.6 is 0 Å². The highest BCUT2D eigenvalue weighted by Gasteiger charge is 2.32. The maximum atomic E-state index is 13.8. The highest BCUT2D eigenvalue weighted by atomic mass is 19.1. The molecule has 128 valence electrons. The molecule has 2 aromatic rings. The monoisotopic (exact) mass is 332 g/mol. The van der Waals surface area contributed by atoms with Crippen LogP contribution in [0.15, 0.2) is 36.9 Å². The molecule has 2 N–H and O–H groups in total. The van der Waals surface area contributed by atoms with Crippen molar-refractivity contribution in [2.75, 3.05) is 18.4 Å². The Labute approximate surface area is 139 Å². The number of nitrogens with zero attached hydrogens (tertiary/aromatic N) is 4. The van der Waals surface area contributed by atoms with Gasteiger partial charge in [0.15, 0.2) is 0 Å². The first-order chi connectivity index (χ1) is 11.6. The van der Waals surface area contributed by atoms with Gasteiger partial charge in [0, 0.05) is 50.7 Å². The molecule has 0 bridgehead atoms. The summed E-state index contributed by atoms with van der Waals surface area (Å²) in [5.74, 6) is 0. The van der Waals surface area contributed by atoms with E-state index in [0.29, 0.717) is 31.7 Å². The van der Waals surface area contributed by atoms with Crippen molar-refractivity contribution in [3.63, 3.8) is 0 Å². The second-order valence-electron chi connectivity index (χ2n) is 6.02. The van der Waals surface area contributed by atoms with Gasteiger partial charge in [-0.2, -0.15) is 5.10 Å². The Kier molecular flexibility index (Phi) is 5.05. The second-order valence-corrected chi connectivity index (χ2v) is 6.02. The third-order valence-corrected chi connectivity index (χ3v) is 4.04. The van der Waals surface area contributed by atoms with Crippen LogP contribution in [0.4, 0.5) is 14.9 Å². The molecule has 7 nitrogen and oxygen atoms in total. The number of amides is 2. The predicted octanol–water partition coefficient (Wildman–Crippen LogP) is 1.55. The van der Waals surface area contributed by atoms with E-state index in [2.05, 4.69) is 20.7 Å². The zero-order valence-corrected chi connectivity index (χ0v) is 13.5. The molecule has 1 fully saturated rings. The number of hydrogen-bond donors (Lipinski definition) is 2. The summed E-state index contributed by atoms with van der Waals surface area (Å²) in [5.41, 5.74) is 1.66. The van der Waals surface area contributed by atoms with Gasteiger partial charge in [0.1, 0.15) is 6.17 Å². The zero-order chi connectivity index (χ0) is 16.9. The van der Waals surface area contributed by atoms with Crippen LogP contribution in [-0.2, 0) is 13.6 Å². The maximum Gasteiger partial charge on any atom is 0.319 e. The molecule has 1 aliphatic heterocycles. The fourth-order valence-corrected chi connectivity index (χ4v) is 2.94. The highest BCUT2D eigenvalue weighted by Crippen LogP contribution is 2.22. The molecule has 3 rings (SSSR count). The molecular formula is C16H21FN6O. The Bertz CT molecular complexity index is 676. The van der Waals surface area contributed by atoms with E-state index in [1.54, 1.807) is 35.4 Å². The van der Waals surface area contributed by atoms with E-state index < -0.39 is 6.17 Å². The van der Waals surface area contributed by atoms with Gasteiger partial charge in [-0.1, -0.05) is 0 Å². The number of halogens is 1. The maximum absolute atomic E-state index is 13.8. The molecule has 0 unspecified atom stereocenters. The van der Waals surface area contributed by atoms with Gasteiger partial charge >= 0.3 is 6.03 Å². The van der Waals surface area contributed by atoms with Crippen molar-refractivity contribution in [3.8, 4) is 0 Å². The van der Waals surface area contributed by atoms with Crippen LogP contribution < -0.4 is 10.6 Å². The molecule has 2 amide bonds. The van der Waals surface area contributed by atoms with Gasteiger partial charge in [-0.25, -0.2) is 9.18 Å². The molecular weight excluding hydrogens is 311 g/mol. The van der Waals surface area contributed by atoms with Gasteiger partial charge in [-0.15, -0.1) is 0 Å². The summed E-state index contributed by atoms with van der Waals surface area (Å²) >= 11 is 0. The number of pyridine rings is 1. The van der Waals surface area contributed by atoms with E-state index in [0.717, 1.165) is 5.56 Å². The molecule has 0 saturated carbocycles. The normalized spacial score (nSPS) is 20.9. The fourth-order valence-electron chi connectivity index (χ4n) is 2.94. The van der Waals surface area contributed by atoms with Gasteiger partial charge in [0.2, 0.25) is 0 Å². The standard InChI is InChI=1S/C16H21FN6O/c1-22-9-12(6-20-22)10-23-11-13(17)5-15(23)8-19-16(24)21-14-3-2-4-18-7-14/h2-4,6-7,9,13,15H,5,8,10-11H2,1H3,(H2,19,21,24)/t13-,15-/m0/s1. The summed E-state index contributed by atoms with van der Waals surface area (Å²) in [7, 11) is 1.85. The first kappa shape index (κ1) is 16.4. The Morgan fingerprint density at radius 3 is 3.04 bits per heavy atom. The molecule has 8 heteroatoms. The van der Waals surface area contributed by atoms with Crippen LogP contribution in [0.25, 0.3) is 0 Å². The Morgan fingerprint density at radius 2 is 2.33 bits per heavy atom. The Morgan fingerprint density at radius 1 is 1.46 bits per heavy atom. The lowest BCUT2D eigenvalue weighted by atomic mass is 10.2. The number of aryl methyl sites for hydroxylation is 1. The minimum atomic E-state index is -0.866. The molecule has 1 aliphatic rings. The Balaban J connectivity index is 1.51. The molecule has 0 aromatic carbocycles. The number of nitrogens with one attached hydrogen (secondary N) is 2. The lowest BCUT2D eigenvalue weighted by molar-refractivity contribution is 0.224. The average molecular weight is 332 g/mol. The molecule has 0 spiro atoms. The molecule has 0 aliphatic carbocycles. The summed E-state index contributed by atoms with van der Waals surface area (Å²) in [4.78, 5) is 17.9. The molecule has 2 aromatic heterocycles. The molecule has 24 heavy (non-hydrogen) atoms. The zero-order valence-electron chi connectivity index (χ0n) is 13.5. The average Bonchev–Trinajstić information content (AvgIpc) is 3.12. The lowest BCUT2D eigenvalue weighted by Gasteiger charge is -2.23. The summed E-state index contributed by atoms with van der Waals surface area (Å²) < 4.78 is 15.5. The first-order valence-corrected chi connectivity index (χ1v) is 7.90. The Hall–Kier alpha value is -2.48. The number of urea groups is 1. The number of anilines is 1. The number of aromatic nitrogens is 3. The minimum Gasteiger partial charge on any atom is -0.336 e. The van der Waals surface area contributed by atoms with E-state index in [4.69, 9.17) is 0 Å². The summed E-state index contributed by atoms with van der Waals surface area (Å²) in [5, 5.41) is 9.65. The summed E-state index contributed by atoms with van der Waals surface area (Å²) in [6.07, 6.45) is 6.47. The van der Waals surface area contributed by atoms with Crippen LogP contribution in [0.5, 0.6) is 0 Å². The van der Waals surface area contributed by atoms with Crippen LogP contribution in [0.3, 0.4) is 0 Å². The van der Waals surface area contributed by atoms with Crippen molar-refractivity contribution in [2.45, 2.75) is 25.2 Å². The predicted molar refractivity (Wildman–Crippen MR) is 88.2 cm³/mol. The molecule has 2 atom stereocenters. The number of alkyl halides is 1. The van der Waals surface area contributed by atoms with E-state index in [1.165, 1.54) is 0 Å². The van der Waals surface area contributed by atoms with Crippen molar-refractivity contribution in [2.24, 2.45) is 7.05 Å². The van der Waals surface area contributed by atoms with E-state index in [1.807, 2.05) is 18.1 Å². The van der Waals surface area contributed by atoms with Crippen molar-refractivity contribution >= 4 is 11.7 Å². The molecule has 3 heterocycles. The third kappa shape index (κ3) is 4.29. The first-order valence-electron chi connectivity index (χ1n) is 7.90. The van der Waals surface area contributed by atoms with E-state index >= 15 is 0 Å². The van der Waals surface area contributed by atoms with Gasteiger partial charge < -0.3 is 10.6 Å². The number of carbonyl (C=O) groups is 1. The van der Waals surface area contributed by atoms with Crippen LogP contribution in [0.2, 0.25) is 0 Å².